The molecule has 0 spiro atoms. The van der Waals surface area contributed by atoms with Crippen LogP contribution in [0.15, 0.2) is 6.07 Å². The van der Waals surface area contributed by atoms with E-state index in [1.807, 2.05) is 11.8 Å². The van der Waals surface area contributed by atoms with Crippen LogP contribution in [0, 0.1) is 6.92 Å². The Balaban J connectivity index is 2.92. The molecule has 0 aromatic carbocycles. The molecule has 0 atom stereocenters. The summed E-state index contributed by atoms with van der Waals surface area (Å²) in [7, 11) is 1.66. The van der Waals surface area contributed by atoms with E-state index in [0.717, 1.165) is 22.6 Å². The highest BCUT2D eigenvalue weighted by Gasteiger charge is 2.23. The van der Waals surface area contributed by atoms with Crippen LogP contribution in [-0.2, 0) is 4.74 Å². The lowest BCUT2D eigenvalue weighted by atomic mass is 10.1. The summed E-state index contributed by atoms with van der Waals surface area (Å²) in [6.45, 7) is 7.33. The molecule has 0 aliphatic carbocycles. The molecular weight excluding hydrogens is 260 g/mol. The smallest absolute Gasteiger partial charge is 0.264 e. The van der Waals surface area contributed by atoms with E-state index in [9.17, 15) is 4.79 Å². The monoisotopic (exact) mass is 284 g/mol. The fourth-order valence-corrected chi connectivity index (χ4v) is 3.01. The highest BCUT2D eigenvalue weighted by molar-refractivity contribution is 7.14. The van der Waals surface area contributed by atoms with Gasteiger partial charge in [-0.3, -0.25) is 4.79 Å². The minimum absolute atomic E-state index is 0.0653. The molecule has 0 radical (unpaired) electrons. The molecule has 0 fully saturated rings. The first-order chi connectivity index (χ1) is 9.04. The summed E-state index contributed by atoms with van der Waals surface area (Å²) in [5.74, 6) is 0.0653. The van der Waals surface area contributed by atoms with Gasteiger partial charge < -0.3 is 15.4 Å². The normalized spacial score (nSPS) is 11.0. The van der Waals surface area contributed by atoms with E-state index in [-0.39, 0.29) is 11.9 Å². The van der Waals surface area contributed by atoms with Crippen LogP contribution >= 0.6 is 11.3 Å². The minimum atomic E-state index is 0.0653. The van der Waals surface area contributed by atoms with Gasteiger partial charge in [0.05, 0.1) is 11.5 Å². The number of nitrogen functional groups attached to an aromatic ring is 1. The maximum atomic E-state index is 12.6. The Morgan fingerprint density at radius 1 is 1.47 bits per heavy atom. The summed E-state index contributed by atoms with van der Waals surface area (Å²) in [4.78, 5) is 16.2. The van der Waals surface area contributed by atoms with Crippen molar-refractivity contribution in [1.29, 1.82) is 0 Å². The molecule has 5 heteroatoms. The molecular formula is C14H24N2O2S. The lowest BCUT2D eigenvalue weighted by Crippen LogP contribution is -2.41. The van der Waals surface area contributed by atoms with E-state index in [2.05, 4.69) is 13.8 Å². The number of carbonyl (C=O) groups is 1. The van der Waals surface area contributed by atoms with E-state index < -0.39 is 0 Å². The standard InChI is InChI=1S/C14H24N2O2S/c1-5-11(6-2)16(7-8-18-4)14(17)13-9-12(15)10(3)19-13/h9,11H,5-8,15H2,1-4H3. The lowest BCUT2D eigenvalue weighted by Gasteiger charge is -2.30. The molecule has 0 bridgehead atoms. The third kappa shape index (κ3) is 3.94. The maximum absolute atomic E-state index is 12.6. The first-order valence-electron chi connectivity index (χ1n) is 6.70. The SMILES string of the molecule is CCC(CC)N(CCOC)C(=O)c1cc(N)c(C)s1. The Morgan fingerprint density at radius 3 is 2.53 bits per heavy atom. The second kappa shape index (κ2) is 7.50. The summed E-state index contributed by atoms with van der Waals surface area (Å²) in [5, 5.41) is 0. The van der Waals surface area contributed by atoms with Gasteiger partial charge in [-0.2, -0.15) is 0 Å². The second-order valence-electron chi connectivity index (χ2n) is 4.58. The Hall–Kier alpha value is -1.07. The van der Waals surface area contributed by atoms with Crippen LogP contribution in [0.4, 0.5) is 5.69 Å². The predicted molar refractivity (Wildman–Crippen MR) is 80.8 cm³/mol. The van der Waals surface area contributed by atoms with Crippen molar-refractivity contribution in [2.75, 3.05) is 26.0 Å². The maximum Gasteiger partial charge on any atom is 0.264 e. The molecule has 0 aliphatic heterocycles. The second-order valence-corrected chi connectivity index (χ2v) is 5.84. The largest absolute Gasteiger partial charge is 0.398 e. The van der Waals surface area contributed by atoms with Gasteiger partial charge in [0, 0.05) is 30.3 Å². The molecule has 19 heavy (non-hydrogen) atoms. The van der Waals surface area contributed by atoms with Gasteiger partial charge in [-0.1, -0.05) is 13.8 Å². The quantitative estimate of drug-likeness (QED) is 0.837. The molecule has 0 saturated heterocycles. The third-order valence-electron chi connectivity index (χ3n) is 3.35. The molecule has 1 heterocycles. The number of amides is 1. The van der Waals surface area contributed by atoms with Crippen molar-refractivity contribution in [3.8, 4) is 0 Å². The number of nitrogens with two attached hydrogens (primary N) is 1. The minimum Gasteiger partial charge on any atom is -0.398 e. The first-order valence-corrected chi connectivity index (χ1v) is 7.52. The van der Waals surface area contributed by atoms with Crippen molar-refractivity contribution in [2.45, 2.75) is 39.7 Å². The Morgan fingerprint density at radius 2 is 2.11 bits per heavy atom. The van der Waals surface area contributed by atoms with Crippen molar-refractivity contribution in [1.82, 2.24) is 4.90 Å². The van der Waals surface area contributed by atoms with Gasteiger partial charge >= 0.3 is 0 Å². The number of hydrogen-bond donors (Lipinski definition) is 1. The van der Waals surface area contributed by atoms with Gasteiger partial charge in [0.2, 0.25) is 0 Å². The summed E-state index contributed by atoms with van der Waals surface area (Å²) >= 11 is 1.47. The van der Waals surface area contributed by atoms with Crippen molar-refractivity contribution in [3.05, 3.63) is 15.8 Å². The number of hydrogen-bond acceptors (Lipinski definition) is 4. The molecule has 1 rings (SSSR count). The van der Waals surface area contributed by atoms with Gasteiger partial charge in [-0.25, -0.2) is 0 Å². The van der Waals surface area contributed by atoms with E-state index in [0.29, 0.717) is 18.8 Å². The van der Waals surface area contributed by atoms with Crippen LogP contribution in [0.25, 0.3) is 0 Å². The Bertz CT molecular complexity index is 394. The van der Waals surface area contributed by atoms with Crippen molar-refractivity contribution in [3.63, 3.8) is 0 Å². The van der Waals surface area contributed by atoms with Gasteiger partial charge in [0.1, 0.15) is 0 Å². The first kappa shape index (κ1) is 16.0. The number of nitrogens with zero attached hydrogens (tertiary/aromatic N) is 1. The van der Waals surface area contributed by atoms with Crippen LogP contribution in [0.1, 0.15) is 41.2 Å². The molecule has 1 amide bonds. The van der Waals surface area contributed by atoms with Crippen LogP contribution in [0.2, 0.25) is 0 Å². The number of thiophene rings is 1. The van der Waals surface area contributed by atoms with Gasteiger partial charge in [0.25, 0.3) is 5.91 Å². The zero-order valence-corrected chi connectivity index (χ0v) is 13.0. The number of rotatable bonds is 7. The fraction of sp³-hybridized carbons (Fsp3) is 0.643. The summed E-state index contributed by atoms with van der Waals surface area (Å²) in [6.07, 6.45) is 1.90. The molecule has 4 nitrogen and oxygen atoms in total. The highest BCUT2D eigenvalue weighted by atomic mass is 32.1. The zero-order valence-electron chi connectivity index (χ0n) is 12.2. The lowest BCUT2D eigenvalue weighted by molar-refractivity contribution is 0.0594. The zero-order chi connectivity index (χ0) is 14.4. The molecule has 1 aromatic rings. The fourth-order valence-electron chi connectivity index (χ4n) is 2.11. The molecule has 2 N–H and O–H groups in total. The van der Waals surface area contributed by atoms with Crippen molar-refractivity contribution < 1.29 is 9.53 Å². The van der Waals surface area contributed by atoms with Crippen LogP contribution < -0.4 is 5.73 Å². The molecule has 0 aliphatic rings. The van der Waals surface area contributed by atoms with Crippen LogP contribution in [0.3, 0.4) is 0 Å². The summed E-state index contributed by atoms with van der Waals surface area (Å²) in [5.41, 5.74) is 6.53. The van der Waals surface area contributed by atoms with E-state index in [1.54, 1.807) is 13.2 Å². The molecule has 0 saturated carbocycles. The number of aryl methyl sites for hydroxylation is 1. The summed E-state index contributed by atoms with van der Waals surface area (Å²) < 4.78 is 5.11. The highest BCUT2D eigenvalue weighted by Crippen LogP contribution is 2.25. The molecule has 1 aromatic heterocycles. The number of ether oxygens (including phenoxy) is 1. The van der Waals surface area contributed by atoms with Crippen LogP contribution in [-0.4, -0.2) is 37.1 Å². The Labute approximate surface area is 119 Å². The van der Waals surface area contributed by atoms with E-state index >= 15 is 0 Å². The topological polar surface area (TPSA) is 55.6 Å². The molecule has 108 valence electrons. The van der Waals surface area contributed by atoms with E-state index in [1.165, 1.54) is 11.3 Å². The average Bonchev–Trinajstić information content (AvgIpc) is 2.74. The van der Waals surface area contributed by atoms with Gasteiger partial charge in [-0.15, -0.1) is 11.3 Å². The predicted octanol–water partition coefficient (Wildman–Crippen LogP) is 2.92. The van der Waals surface area contributed by atoms with Crippen LogP contribution in [0.5, 0.6) is 0 Å². The third-order valence-corrected chi connectivity index (χ3v) is 4.40. The summed E-state index contributed by atoms with van der Waals surface area (Å²) in [6, 6.07) is 2.04. The number of carbonyl (C=O) groups excluding carboxylic acids is 1. The van der Waals surface area contributed by atoms with Gasteiger partial charge in [0.15, 0.2) is 0 Å². The van der Waals surface area contributed by atoms with E-state index in [4.69, 9.17) is 10.5 Å². The number of methoxy groups -OCH3 is 1. The van der Waals surface area contributed by atoms with Gasteiger partial charge in [-0.05, 0) is 25.8 Å². The van der Waals surface area contributed by atoms with Crippen molar-refractivity contribution >= 4 is 22.9 Å². The van der Waals surface area contributed by atoms with Crippen molar-refractivity contribution in [2.24, 2.45) is 0 Å². The average molecular weight is 284 g/mol. The number of anilines is 1. The Kier molecular flexibility index (Phi) is 6.31. The molecule has 0 unspecified atom stereocenters.